The molecule has 0 atom stereocenters. The van der Waals surface area contributed by atoms with Crippen molar-refractivity contribution in [3.8, 4) is 11.5 Å². The van der Waals surface area contributed by atoms with Crippen LogP contribution in [0.2, 0.25) is 0 Å². The Kier molecular flexibility index (Phi) is 7.16. The molecule has 8 nitrogen and oxygen atoms in total. The number of rotatable bonds is 9. The summed E-state index contributed by atoms with van der Waals surface area (Å²) in [4.78, 5) is 10.9. The van der Waals surface area contributed by atoms with Gasteiger partial charge in [0.05, 0.1) is 35.4 Å². The number of hydrogen-bond acceptors (Lipinski definition) is 6. The van der Waals surface area contributed by atoms with E-state index in [0.717, 1.165) is 30.3 Å². The SMILES string of the molecule is COCCOc1cc(NS(=O)(=O)c2cccc(C(F)(F)F)c2)c(C(=O)O)cc1OC. The molecule has 30 heavy (non-hydrogen) atoms. The lowest BCUT2D eigenvalue weighted by Gasteiger charge is -2.16. The number of sulfonamides is 1. The Morgan fingerprint density at radius 1 is 1.10 bits per heavy atom. The summed E-state index contributed by atoms with van der Waals surface area (Å²) in [5.74, 6) is -1.45. The molecule has 0 spiro atoms. The summed E-state index contributed by atoms with van der Waals surface area (Å²) in [5.41, 5.74) is -2.06. The molecular formula is C18H18F3NO7S. The summed E-state index contributed by atoms with van der Waals surface area (Å²) < 4.78 is 81.3. The van der Waals surface area contributed by atoms with Crippen molar-refractivity contribution < 1.29 is 45.7 Å². The molecule has 0 aliphatic rings. The predicted molar refractivity (Wildman–Crippen MR) is 99.6 cm³/mol. The lowest BCUT2D eigenvalue weighted by Crippen LogP contribution is -2.17. The number of anilines is 1. The Morgan fingerprint density at radius 2 is 1.80 bits per heavy atom. The minimum atomic E-state index is -4.75. The zero-order valence-corrected chi connectivity index (χ0v) is 16.6. The van der Waals surface area contributed by atoms with Crippen LogP contribution in [0.3, 0.4) is 0 Å². The maximum Gasteiger partial charge on any atom is 0.416 e. The highest BCUT2D eigenvalue weighted by atomic mass is 32.2. The number of alkyl halides is 3. The summed E-state index contributed by atoms with van der Waals surface area (Å²) in [6.45, 7) is 0.244. The van der Waals surface area contributed by atoms with Crippen LogP contribution >= 0.6 is 0 Å². The van der Waals surface area contributed by atoms with Crippen molar-refractivity contribution in [1.29, 1.82) is 0 Å². The van der Waals surface area contributed by atoms with Crippen molar-refractivity contribution in [2.75, 3.05) is 32.2 Å². The van der Waals surface area contributed by atoms with Crippen molar-refractivity contribution in [1.82, 2.24) is 0 Å². The van der Waals surface area contributed by atoms with Gasteiger partial charge in [-0.1, -0.05) is 6.07 Å². The molecule has 12 heteroatoms. The third-order valence-electron chi connectivity index (χ3n) is 3.80. The maximum atomic E-state index is 12.9. The fourth-order valence-electron chi connectivity index (χ4n) is 2.37. The lowest BCUT2D eigenvalue weighted by atomic mass is 10.1. The number of carboxylic acids is 1. The summed E-state index contributed by atoms with van der Waals surface area (Å²) in [7, 11) is -1.85. The van der Waals surface area contributed by atoms with E-state index in [0.29, 0.717) is 6.07 Å². The highest BCUT2D eigenvalue weighted by Crippen LogP contribution is 2.35. The third kappa shape index (κ3) is 5.54. The molecule has 0 aliphatic heterocycles. The minimum absolute atomic E-state index is 0.0151. The van der Waals surface area contributed by atoms with Crippen molar-refractivity contribution in [3.63, 3.8) is 0 Å². The number of aromatic carboxylic acids is 1. The molecule has 2 rings (SSSR count). The Labute approximate surface area is 170 Å². The summed E-state index contributed by atoms with van der Waals surface area (Å²) in [6, 6.07) is 5.16. The van der Waals surface area contributed by atoms with Gasteiger partial charge in [-0.3, -0.25) is 4.72 Å². The van der Waals surface area contributed by atoms with E-state index in [-0.39, 0.29) is 24.7 Å². The number of methoxy groups -OCH3 is 2. The van der Waals surface area contributed by atoms with E-state index >= 15 is 0 Å². The van der Waals surface area contributed by atoms with Crippen LogP contribution in [0, 0.1) is 0 Å². The number of hydrogen-bond donors (Lipinski definition) is 2. The molecule has 0 fully saturated rings. The summed E-state index contributed by atoms with van der Waals surface area (Å²) >= 11 is 0. The average molecular weight is 449 g/mol. The normalized spacial score (nSPS) is 11.8. The molecule has 0 unspecified atom stereocenters. The van der Waals surface area contributed by atoms with E-state index < -0.39 is 43.9 Å². The number of benzene rings is 2. The van der Waals surface area contributed by atoms with Crippen LogP contribution in [0.5, 0.6) is 11.5 Å². The number of halogens is 3. The molecule has 0 bridgehead atoms. The number of nitrogens with one attached hydrogen (secondary N) is 1. The van der Waals surface area contributed by atoms with E-state index in [1.807, 2.05) is 4.72 Å². The van der Waals surface area contributed by atoms with E-state index in [9.17, 15) is 31.5 Å². The Balaban J connectivity index is 2.49. The lowest BCUT2D eigenvalue weighted by molar-refractivity contribution is -0.137. The second-order valence-corrected chi connectivity index (χ2v) is 7.51. The van der Waals surface area contributed by atoms with Gasteiger partial charge in [0.1, 0.15) is 6.61 Å². The molecule has 0 radical (unpaired) electrons. The van der Waals surface area contributed by atoms with Crippen molar-refractivity contribution >= 4 is 21.7 Å². The fraction of sp³-hybridized carbons (Fsp3) is 0.278. The highest BCUT2D eigenvalue weighted by Gasteiger charge is 2.32. The van der Waals surface area contributed by atoms with Gasteiger partial charge < -0.3 is 19.3 Å². The minimum Gasteiger partial charge on any atom is -0.493 e. The van der Waals surface area contributed by atoms with Crippen LogP contribution in [0.4, 0.5) is 18.9 Å². The molecule has 0 amide bonds. The van der Waals surface area contributed by atoms with Crippen LogP contribution < -0.4 is 14.2 Å². The van der Waals surface area contributed by atoms with Crippen LogP contribution in [-0.4, -0.2) is 46.9 Å². The molecule has 0 aromatic heterocycles. The van der Waals surface area contributed by atoms with Crippen LogP contribution in [-0.2, 0) is 20.9 Å². The topological polar surface area (TPSA) is 111 Å². The van der Waals surface area contributed by atoms with Crippen molar-refractivity contribution in [2.45, 2.75) is 11.1 Å². The molecule has 0 heterocycles. The first-order valence-electron chi connectivity index (χ1n) is 8.26. The van der Waals surface area contributed by atoms with E-state index in [1.54, 1.807) is 0 Å². The van der Waals surface area contributed by atoms with Gasteiger partial charge in [0.2, 0.25) is 0 Å². The van der Waals surface area contributed by atoms with Gasteiger partial charge in [-0.05, 0) is 18.2 Å². The van der Waals surface area contributed by atoms with Crippen LogP contribution in [0.25, 0.3) is 0 Å². The first-order chi connectivity index (χ1) is 14.0. The molecule has 2 aromatic carbocycles. The van der Waals surface area contributed by atoms with E-state index in [1.165, 1.54) is 14.2 Å². The molecule has 2 aromatic rings. The maximum absolute atomic E-state index is 12.9. The van der Waals surface area contributed by atoms with Crippen LogP contribution in [0.15, 0.2) is 41.3 Å². The van der Waals surface area contributed by atoms with Gasteiger partial charge in [-0.15, -0.1) is 0 Å². The Bertz CT molecular complexity index is 1020. The fourth-order valence-corrected chi connectivity index (χ4v) is 3.49. The van der Waals surface area contributed by atoms with Crippen molar-refractivity contribution in [3.05, 3.63) is 47.5 Å². The second-order valence-electron chi connectivity index (χ2n) is 5.83. The van der Waals surface area contributed by atoms with Gasteiger partial charge >= 0.3 is 12.1 Å². The standard InChI is InChI=1S/C18H18F3NO7S/c1-27-6-7-29-16-10-14(13(17(23)24)9-15(16)28-2)22-30(25,26)12-5-3-4-11(8-12)18(19,20)21/h3-5,8-10,22H,6-7H2,1-2H3,(H,23,24). The Morgan fingerprint density at radius 3 is 2.37 bits per heavy atom. The monoisotopic (exact) mass is 449 g/mol. The second kappa shape index (κ2) is 9.22. The van der Waals surface area contributed by atoms with Gasteiger partial charge in [0.25, 0.3) is 10.0 Å². The van der Waals surface area contributed by atoms with Gasteiger partial charge in [-0.25, -0.2) is 13.2 Å². The zero-order valence-electron chi connectivity index (χ0n) is 15.8. The molecule has 2 N–H and O–H groups in total. The summed E-state index contributed by atoms with van der Waals surface area (Å²) in [6.07, 6.45) is -4.75. The number of carboxylic acid groups (broad SMARTS) is 1. The third-order valence-corrected chi connectivity index (χ3v) is 5.16. The molecule has 0 saturated carbocycles. The van der Waals surface area contributed by atoms with Gasteiger partial charge in [0, 0.05) is 19.2 Å². The molecule has 164 valence electrons. The highest BCUT2D eigenvalue weighted by molar-refractivity contribution is 7.92. The quantitative estimate of drug-likeness (QED) is 0.566. The Hall–Kier alpha value is -2.99. The van der Waals surface area contributed by atoms with Crippen molar-refractivity contribution in [2.24, 2.45) is 0 Å². The van der Waals surface area contributed by atoms with Gasteiger partial charge in [0.15, 0.2) is 11.5 Å². The largest absolute Gasteiger partial charge is 0.493 e. The first kappa shape index (κ1) is 23.3. The van der Waals surface area contributed by atoms with Crippen LogP contribution in [0.1, 0.15) is 15.9 Å². The van der Waals surface area contributed by atoms with E-state index in [4.69, 9.17) is 14.2 Å². The first-order valence-corrected chi connectivity index (χ1v) is 9.75. The molecule has 0 aliphatic carbocycles. The van der Waals surface area contributed by atoms with E-state index in [2.05, 4.69) is 0 Å². The zero-order chi connectivity index (χ0) is 22.5. The number of carbonyl (C=O) groups is 1. The molecule has 0 saturated heterocycles. The summed E-state index contributed by atoms with van der Waals surface area (Å²) in [5, 5.41) is 9.41. The van der Waals surface area contributed by atoms with Gasteiger partial charge in [-0.2, -0.15) is 13.2 Å². The number of ether oxygens (including phenoxy) is 3. The average Bonchev–Trinajstić information content (AvgIpc) is 2.67. The predicted octanol–water partition coefficient (Wildman–Crippen LogP) is 3.24. The molecular weight excluding hydrogens is 431 g/mol. The smallest absolute Gasteiger partial charge is 0.416 e.